The van der Waals surface area contributed by atoms with E-state index in [9.17, 15) is 14.9 Å². The van der Waals surface area contributed by atoms with Gasteiger partial charge in [0.25, 0.3) is 5.91 Å². The molecule has 8 nitrogen and oxygen atoms in total. The summed E-state index contributed by atoms with van der Waals surface area (Å²) in [4.78, 5) is 27.7. The molecule has 0 unspecified atom stereocenters. The molecule has 0 heterocycles. The minimum atomic E-state index is -0.848. The minimum absolute atomic E-state index is 0.327. The van der Waals surface area contributed by atoms with Crippen LogP contribution in [0, 0.1) is 22.7 Å². The lowest BCUT2D eigenvalue weighted by Gasteiger charge is -2.31. The number of oxime groups is 1. The molecule has 0 spiro atoms. The van der Waals surface area contributed by atoms with Crippen LogP contribution in [0.3, 0.4) is 0 Å². The van der Waals surface area contributed by atoms with E-state index in [1.807, 2.05) is 0 Å². The fourth-order valence-corrected chi connectivity index (χ4v) is 2.18. The molecular formula is C13H17N5O3. The average Bonchev–Trinajstić information content (AvgIpc) is 2.51. The lowest BCUT2D eigenvalue weighted by atomic mass is 9.83. The second kappa shape index (κ2) is 7.85. The molecule has 21 heavy (non-hydrogen) atoms. The predicted octanol–water partition coefficient (Wildman–Crippen LogP) is -0.0287. The quantitative estimate of drug-likeness (QED) is 0.543. The van der Waals surface area contributed by atoms with E-state index in [4.69, 9.17) is 5.26 Å². The van der Waals surface area contributed by atoms with Crippen LogP contribution >= 0.6 is 0 Å². The van der Waals surface area contributed by atoms with E-state index in [-0.39, 0.29) is 6.54 Å². The van der Waals surface area contributed by atoms with Gasteiger partial charge in [-0.1, -0.05) is 24.4 Å². The molecule has 0 saturated heterocycles. The van der Waals surface area contributed by atoms with Gasteiger partial charge in [0.15, 0.2) is 0 Å². The maximum absolute atomic E-state index is 11.8. The van der Waals surface area contributed by atoms with Gasteiger partial charge >= 0.3 is 0 Å². The van der Waals surface area contributed by atoms with Crippen LogP contribution in [-0.4, -0.2) is 36.7 Å². The summed E-state index contributed by atoms with van der Waals surface area (Å²) in [6.07, 6.45) is 4.04. The van der Waals surface area contributed by atoms with Crippen molar-refractivity contribution in [2.24, 2.45) is 5.16 Å². The van der Waals surface area contributed by atoms with Gasteiger partial charge in [0.2, 0.25) is 11.6 Å². The lowest BCUT2D eigenvalue weighted by molar-refractivity contribution is -0.124. The molecule has 1 aliphatic rings. The van der Waals surface area contributed by atoms with E-state index in [1.54, 1.807) is 6.07 Å². The summed E-state index contributed by atoms with van der Waals surface area (Å²) in [5.74, 6) is -1.27. The number of nitrogens with one attached hydrogen (secondary N) is 2. The molecule has 2 amide bonds. The van der Waals surface area contributed by atoms with Crippen LogP contribution in [0.15, 0.2) is 5.16 Å². The van der Waals surface area contributed by atoms with E-state index in [0.29, 0.717) is 12.8 Å². The number of rotatable bonds is 5. The Morgan fingerprint density at radius 3 is 2.48 bits per heavy atom. The molecular weight excluding hydrogens is 274 g/mol. The van der Waals surface area contributed by atoms with Crippen molar-refractivity contribution in [3.63, 3.8) is 0 Å². The fraction of sp³-hybridized carbons (Fsp3) is 0.615. The second-order valence-electron chi connectivity index (χ2n) is 4.72. The molecule has 0 aromatic carbocycles. The predicted molar refractivity (Wildman–Crippen MR) is 72.6 cm³/mol. The normalized spacial score (nSPS) is 17.0. The third-order valence-electron chi connectivity index (χ3n) is 3.21. The maximum atomic E-state index is 11.8. The van der Waals surface area contributed by atoms with Gasteiger partial charge in [-0.25, -0.2) is 0 Å². The van der Waals surface area contributed by atoms with Gasteiger partial charge < -0.3 is 15.5 Å². The van der Waals surface area contributed by atoms with Crippen LogP contribution in [0.5, 0.6) is 0 Å². The summed E-state index contributed by atoms with van der Waals surface area (Å²) < 4.78 is 0. The van der Waals surface area contributed by atoms with Crippen molar-refractivity contribution in [3.05, 3.63) is 0 Å². The van der Waals surface area contributed by atoms with Crippen molar-refractivity contribution in [2.45, 2.75) is 37.6 Å². The Balaban J connectivity index is 2.51. The number of carbonyl (C=O) groups is 2. The van der Waals surface area contributed by atoms with Crippen molar-refractivity contribution >= 4 is 17.5 Å². The fourth-order valence-electron chi connectivity index (χ4n) is 2.18. The molecule has 0 atom stereocenters. The highest BCUT2D eigenvalue weighted by molar-refractivity contribution is 6.45. The van der Waals surface area contributed by atoms with Crippen molar-refractivity contribution in [1.82, 2.24) is 10.6 Å². The molecule has 0 bridgehead atoms. The first-order valence-electron chi connectivity index (χ1n) is 6.58. The van der Waals surface area contributed by atoms with E-state index >= 15 is 0 Å². The average molecular weight is 291 g/mol. The Morgan fingerprint density at radius 1 is 1.29 bits per heavy atom. The second-order valence-corrected chi connectivity index (χ2v) is 4.72. The van der Waals surface area contributed by atoms with Gasteiger partial charge in [-0.3, -0.25) is 9.59 Å². The van der Waals surface area contributed by atoms with E-state index in [0.717, 1.165) is 19.3 Å². The molecule has 2 N–H and O–H groups in total. The van der Waals surface area contributed by atoms with Gasteiger partial charge in [-0.05, 0) is 12.8 Å². The molecule has 0 aliphatic heterocycles. The number of nitrogens with zero attached hydrogens (tertiary/aromatic N) is 3. The monoisotopic (exact) mass is 291 g/mol. The molecule has 1 rings (SSSR count). The van der Waals surface area contributed by atoms with Crippen LogP contribution < -0.4 is 10.6 Å². The highest BCUT2D eigenvalue weighted by Crippen LogP contribution is 2.27. The Bertz CT molecular complexity index is 509. The van der Waals surface area contributed by atoms with E-state index in [2.05, 4.69) is 26.7 Å². The van der Waals surface area contributed by atoms with Crippen molar-refractivity contribution in [2.75, 3.05) is 13.7 Å². The zero-order valence-corrected chi connectivity index (χ0v) is 11.8. The molecule has 8 heteroatoms. The Hall–Kier alpha value is -2.61. The first-order valence-corrected chi connectivity index (χ1v) is 6.58. The van der Waals surface area contributed by atoms with Gasteiger partial charge in [0.05, 0.1) is 12.6 Å². The number of amides is 2. The third kappa shape index (κ3) is 4.77. The summed E-state index contributed by atoms with van der Waals surface area (Å²) in [5, 5.41) is 26.0. The number of nitriles is 2. The molecule has 0 aromatic rings. The molecule has 0 aromatic heterocycles. The lowest BCUT2D eigenvalue weighted by Crippen LogP contribution is -2.52. The van der Waals surface area contributed by atoms with Crippen molar-refractivity contribution in [1.29, 1.82) is 10.5 Å². The van der Waals surface area contributed by atoms with E-state index < -0.39 is 23.1 Å². The van der Waals surface area contributed by atoms with Crippen molar-refractivity contribution < 1.29 is 14.4 Å². The first-order chi connectivity index (χ1) is 10.1. The minimum Gasteiger partial charge on any atom is -0.398 e. The molecule has 0 radical (unpaired) electrons. The third-order valence-corrected chi connectivity index (χ3v) is 3.21. The standard InChI is InChI=1S/C13H17N5O3/c1-21-18-10(7-14)12(20)16-8-11(19)17-13(9-15)5-3-2-4-6-13/h2-6,8H2,1H3,(H,16,20)(H,17,19). The summed E-state index contributed by atoms with van der Waals surface area (Å²) in [6, 6.07) is 3.70. The maximum Gasteiger partial charge on any atom is 0.284 e. The van der Waals surface area contributed by atoms with E-state index in [1.165, 1.54) is 7.11 Å². The summed E-state index contributed by atoms with van der Waals surface area (Å²) in [7, 11) is 1.21. The highest BCUT2D eigenvalue weighted by atomic mass is 16.6. The van der Waals surface area contributed by atoms with Crippen LogP contribution in [0.2, 0.25) is 0 Å². The molecule has 112 valence electrons. The van der Waals surface area contributed by atoms with Gasteiger partial charge in [0.1, 0.15) is 18.7 Å². The summed E-state index contributed by atoms with van der Waals surface area (Å²) in [5.41, 5.74) is -1.32. The first kappa shape index (κ1) is 16.4. The van der Waals surface area contributed by atoms with Crippen LogP contribution in [0.1, 0.15) is 32.1 Å². The zero-order chi connectivity index (χ0) is 15.7. The number of carbonyl (C=O) groups excluding carboxylic acids is 2. The van der Waals surface area contributed by atoms with Crippen LogP contribution in [0.25, 0.3) is 0 Å². The zero-order valence-electron chi connectivity index (χ0n) is 11.8. The summed E-state index contributed by atoms with van der Waals surface area (Å²) >= 11 is 0. The largest absolute Gasteiger partial charge is 0.398 e. The Kier molecular flexibility index (Phi) is 6.15. The highest BCUT2D eigenvalue weighted by Gasteiger charge is 2.33. The number of hydrogen-bond acceptors (Lipinski definition) is 6. The summed E-state index contributed by atoms with van der Waals surface area (Å²) in [6.45, 7) is -0.327. The SMILES string of the molecule is CON=C(C#N)C(=O)NCC(=O)NC1(C#N)CCCCC1. The van der Waals surface area contributed by atoms with Crippen molar-refractivity contribution in [3.8, 4) is 12.1 Å². The topological polar surface area (TPSA) is 127 Å². The van der Waals surface area contributed by atoms with Gasteiger partial charge in [-0.15, -0.1) is 0 Å². The van der Waals surface area contributed by atoms with Crippen LogP contribution in [-0.2, 0) is 14.4 Å². The Morgan fingerprint density at radius 2 is 1.95 bits per heavy atom. The van der Waals surface area contributed by atoms with Crippen LogP contribution in [0.4, 0.5) is 0 Å². The van der Waals surface area contributed by atoms with Gasteiger partial charge in [-0.2, -0.15) is 10.5 Å². The smallest absolute Gasteiger partial charge is 0.284 e. The van der Waals surface area contributed by atoms with Gasteiger partial charge in [0, 0.05) is 0 Å². The molecule has 1 saturated carbocycles. The Labute approximate surface area is 122 Å². The number of hydrogen-bond donors (Lipinski definition) is 2. The molecule has 1 aliphatic carbocycles. The molecule has 1 fully saturated rings.